The lowest BCUT2D eigenvalue weighted by molar-refractivity contribution is -0.385. The molecule has 0 aromatic heterocycles. The summed E-state index contributed by atoms with van der Waals surface area (Å²) in [6.45, 7) is 7.36. The minimum Gasteiger partial charge on any atom is -0.449 e. The van der Waals surface area contributed by atoms with Crippen LogP contribution in [0.2, 0.25) is 0 Å². The third-order valence-electron chi connectivity index (χ3n) is 5.34. The predicted octanol–water partition coefficient (Wildman–Crippen LogP) is 3.39. The average Bonchev–Trinajstić information content (AvgIpc) is 2.58. The molecule has 0 aliphatic heterocycles. The smallest absolute Gasteiger partial charge is 0.346 e. The number of ether oxygens (including phenoxy) is 1. The molecule has 0 bridgehead atoms. The molecule has 1 saturated carbocycles. The number of benzene rings is 1. The zero-order valence-corrected chi connectivity index (χ0v) is 15.7. The molecule has 142 valence electrons. The number of rotatable bonds is 5. The number of hydrogen-bond donors (Lipinski definition) is 1. The molecule has 1 amide bonds. The van der Waals surface area contributed by atoms with Crippen LogP contribution < -0.4 is 5.32 Å². The van der Waals surface area contributed by atoms with Crippen LogP contribution in [0.1, 0.15) is 56.0 Å². The van der Waals surface area contributed by atoms with Crippen molar-refractivity contribution < 1.29 is 19.2 Å². The Kier molecular flexibility index (Phi) is 6.34. The van der Waals surface area contributed by atoms with E-state index in [-0.39, 0.29) is 23.2 Å². The number of amides is 1. The lowest BCUT2D eigenvalue weighted by atomic mass is 9.78. The molecule has 1 fully saturated rings. The lowest BCUT2D eigenvalue weighted by Crippen LogP contribution is -2.47. The quantitative estimate of drug-likeness (QED) is 0.492. The molecule has 1 aliphatic carbocycles. The molecule has 0 heterocycles. The Bertz CT molecular complexity index is 703. The highest BCUT2D eigenvalue weighted by atomic mass is 16.6. The van der Waals surface area contributed by atoms with Crippen molar-refractivity contribution in [2.24, 2.45) is 11.8 Å². The zero-order chi connectivity index (χ0) is 19.4. The van der Waals surface area contributed by atoms with E-state index in [0.717, 1.165) is 19.3 Å². The van der Waals surface area contributed by atoms with E-state index in [1.165, 1.54) is 19.1 Å². The molecule has 0 saturated heterocycles. The van der Waals surface area contributed by atoms with Gasteiger partial charge in [-0.25, -0.2) is 4.79 Å². The van der Waals surface area contributed by atoms with Gasteiger partial charge in [0.15, 0.2) is 6.10 Å². The Hall–Kier alpha value is -2.44. The van der Waals surface area contributed by atoms with Crippen LogP contribution in [0.3, 0.4) is 0 Å². The summed E-state index contributed by atoms with van der Waals surface area (Å²) in [7, 11) is 0. The summed E-state index contributed by atoms with van der Waals surface area (Å²) in [4.78, 5) is 35.3. The highest BCUT2D eigenvalue weighted by Gasteiger charge is 2.31. The van der Waals surface area contributed by atoms with Crippen molar-refractivity contribution in [3.8, 4) is 0 Å². The van der Waals surface area contributed by atoms with Gasteiger partial charge in [0.25, 0.3) is 11.6 Å². The predicted molar refractivity (Wildman–Crippen MR) is 96.8 cm³/mol. The van der Waals surface area contributed by atoms with E-state index in [4.69, 9.17) is 4.74 Å². The fourth-order valence-electron chi connectivity index (χ4n) is 3.43. The Morgan fingerprint density at radius 2 is 2.00 bits per heavy atom. The highest BCUT2D eigenvalue weighted by molar-refractivity contribution is 5.97. The van der Waals surface area contributed by atoms with Gasteiger partial charge >= 0.3 is 5.97 Å². The zero-order valence-electron chi connectivity index (χ0n) is 15.7. The first-order valence-corrected chi connectivity index (χ1v) is 8.97. The summed E-state index contributed by atoms with van der Waals surface area (Å²) in [5.74, 6) is -0.349. The van der Waals surface area contributed by atoms with E-state index in [1.54, 1.807) is 13.0 Å². The fraction of sp³-hybridized carbons (Fsp3) is 0.579. The molecule has 1 aromatic carbocycles. The fourth-order valence-corrected chi connectivity index (χ4v) is 3.43. The van der Waals surface area contributed by atoms with Crippen molar-refractivity contribution in [3.63, 3.8) is 0 Å². The molecular formula is C19H26N2O5. The number of nitro benzene ring substituents is 1. The van der Waals surface area contributed by atoms with Crippen molar-refractivity contribution in [3.05, 3.63) is 39.4 Å². The second-order valence-electron chi connectivity index (χ2n) is 7.16. The topological polar surface area (TPSA) is 98.5 Å². The molecule has 7 heteroatoms. The van der Waals surface area contributed by atoms with Gasteiger partial charge in [0.2, 0.25) is 0 Å². The molecule has 1 aromatic rings. The maximum Gasteiger partial charge on any atom is 0.346 e. The van der Waals surface area contributed by atoms with Gasteiger partial charge in [0, 0.05) is 12.1 Å². The third kappa shape index (κ3) is 4.39. The third-order valence-corrected chi connectivity index (χ3v) is 5.34. The van der Waals surface area contributed by atoms with Gasteiger partial charge < -0.3 is 10.1 Å². The largest absolute Gasteiger partial charge is 0.449 e. The lowest BCUT2D eigenvalue weighted by Gasteiger charge is -2.35. The molecule has 0 unspecified atom stereocenters. The number of nitrogens with zero attached hydrogens (tertiary/aromatic N) is 1. The normalized spacial score (nSPS) is 23.8. The molecule has 1 N–H and O–H groups in total. The molecule has 2 rings (SSSR count). The van der Waals surface area contributed by atoms with Crippen molar-refractivity contribution in [1.82, 2.24) is 5.32 Å². The number of esters is 1. The summed E-state index contributed by atoms with van der Waals surface area (Å²) in [6, 6.07) is 4.41. The molecule has 1 aliphatic rings. The van der Waals surface area contributed by atoms with Crippen LogP contribution in [-0.4, -0.2) is 28.9 Å². The Morgan fingerprint density at radius 3 is 2.65 bits per heavy atom. The molecular weight excluding hydrogens is 336 g/mol. The number of carbonyl (C=O) groups is 2. The van der Waals surface area contributed by atoms with Crippen LogP contribution in [0.5, 0.6) is 0 Å². The van der Waals surface area contributed by atoms with Gasteiger partial charge in [-0.1, -0.05) is 38.8 Å². The monoisotopic (exact) mass is 362 g/mol. The first kappa shape index (κ1) is 19.9. The second-order valence-corrected chi connectivity index (χ2v) is 7.16. The van der Waals surface area contributed by atoms with Gasteiger partial charge in [-0.2, -0.15) is 0 Å². The van der Waals surface area contributed by atoms with Crippen LogP contribution in [0.15, 0.2) is 18.2 Å². The first-order valence-electron chi connectivity index (χ1n) is 8.97. The number of hydrogen-bond acceptors (Lipinski definition) is 5. The minimum atomic E-state index is -1.02. The number of nitrogens with one attached hydrogen (secondary N) is 1. The Balaban J connectivity index is 2.05. The molecule has 4 atom stereocenters. The van der Waals surface area contributed by atoms with E-state index in [1.807, 2.05) is 0 Å². The van der Waals surface area contributed by atoms with Crippen molar-refractivity contribution in [1.29, 1.82) is 0 Å². The molecule has 0 radical (unpaired) electrons. The average molecular weight is 362 g/mol. The SMILES string of the molecule is Cc1cccc([N+](=O)[O-])c1C(=O)O[C@H](C)C(=O)N[C@@H]1CCC[C@H](C)[C@H]1C. The van der Waals surface area contributed by atoms with Crippen LogP contribution in [-0.2, 0) is 9.53 Å². The summed E-state index contributed by atoms with van der Waals surface area (Å²) in [6.07, 6.45) is 2.09. The maximum atomic E-state index is 12.4. The van der Waals surface area contributed by atoms with Gasteiger partial charge in [-0.15, -0.1) is 0 Å². The summed E-state index contributed by atoms with van der Waals surface area (Å²) < 4.78 is 5.22. The minimum absolute atomic E-state index is 0.0557. The first-order chi connectivity index (χ1) is 12.2. The van der Waals surface area contributed by atoms with Crippen LogP contribution in [0.25, 0.3) is 0 Å². The molecule has 7 nitrogen and oxygen atoms in total. The summed E-state index contributed by atoms with van der Waals surface area (Å²) in [5.41, 5.74) is 0.000628. The highest BCUT2D eigenvalue weighted by Crippen LogP contribution is 2.29. The Labute approximate surface area is 153 Å². The number of aryl methyl sites for hydroxylation is 1. The Morgan fingerprint density at radius 1 is 1.31 bits per heavy atom. The van der Waals surface area contributed by atoms with Crippen molar-refractivity contribution >= 4 is 17.6 Å². The van der Waals surface area contributed by atoms with Crippen molar-refractivity contribution in [2.75, 3.05) is 0 Å². The van der Waals surface area contributed by atoms with E-state index >= 15 is 0 Å². The molecule has 26 heavy (non-hydrogen) atoms. The summed E-state index contributed by atoms with van der Waals surface area (Å²) in [5, 5.41) is 14.1. The van der Waals surface area contributed by atoms with E-state index in [2.05, 4.69) is 19.2 Å². The van der Waals surface area contributed by atoms with Crippen molar-refractivity contribution in [2.45, 2.75) is 59.1 Å². The standard InChI is InChI=1S/C19H26N2O5/c1-11-7-5-9-15(13(11)3)20-18(22)14(4)26-19(23)17-12(2)8-6-10-16(17)21(24)25/h6,8,10-11,13-15H,5,7,9H2,1-4H3,(H,20,22)/t11-,13+,14+,15+/m0/s1. The van der Waals surface area contributed by atoms with Gasteiger partial charge in [-0.05, 0) is 37.7 Å². The van der Waals surface area contributed by atoms with E-state index in [9.17, 15) is 19.7 Å². The van der Waals surface area contributed by atoms with Gasteiger partial charge in [-0.3, -0.25) is 14.9 Å². The molecule has 0 spiro atoms. The van der Waals surface area contributed by atoms with E-state index < -0.39 is 17.0 Å². The van der Waals surface area contributed by atoms with Gasteiger partial charge in [0.05, 0.1) is 4.92 Å². The number of nitro groups is 1. The van der Waals surface area contributed by atoms with E-state index in [0.29, 0.717) is 17.4 Å². The van der Waals surface area contributed by atoms with Crippen LogP contribution in [0, 0.1) is 28.9 Å². The summed E-state index contributed by atoms with van der Waals surface area (Å²) >= 11 is 0. The van der Waals surface area contributed by atoms with Crippen LogP contribution >= 0.6 is 0 Å². The van der Waals surface area contributed by atoms with Gasteiger partial charge in [0.1, 0.15) is 5.56 Å². The van der Waals surface area contributed by atoms with Crippen LogP contribution in [0.4, 0.5) is 5.69 Å². The second kappa shape index (κ2) is 8.29. The maximum absolute atomic E-state index is 12.4. The number of carbonyl (C=O) groups excluding carboxylic acids is 2.